The molecule has 0 radical (unpaired) electrons. The zero-order valence-electron chi connectivity index (χ0n) is 12.8. The van der Waals surface area contributed by atoms with Crippen LogP contribution in [-0.2, 0) is 17.7 Å². The number of ether oxygens (including phenoxy) is 1. The van der Waals surface area contributed by atoms with Crippen LogP contribution in [0.4, 0.5) is 4.79 Å². The molecule has 0 aliphatic rings. The lowest BCUT2D eigenvalue weighted by Gasteiger charge is -2.22. The number of urea groups is 1. The number of hydrogen-bond acceptors (Lipinski definition) is 3. The highest BCUT2D eigenvalue weighted by molar-refractivity contribution is 7.09. The number of thiophene rings is 1. The van der Waals surface area contributed by atoms with Gasteiger partial charge in [0.25, 0.3) is 0 Å². The Labute approximate surface area is 135 Å². The number of rotatable bonds is 8. The molecule has 0 fully saturated rings. The summed E-state index contributed by atoms with van der Waals surface area (Å²) in [5.41, 5.74) is 1.23. The molecule has 1 N–H and O–H groups in total. The Bertz CT molecular complexity index is 543. The molecule has 1 aromatic carbocycles. The molecule has 0 unspecified atom stereocenters. The third-order valence-corrected chi connectivity index (χ3v) is 4.17. The molecular weight excluding hydrogens is 296 g/mol. The summed E-state index contributed by atoms with van der Waals surface area (Å²) in [6.07, 6.45) is 0.837. The van der Waals surface area contributed by atoms with Gasteiger partial charge < -0.3 is 15.0 Å². The zero-order valence-corrected chi connectivity index (χ0v) is 13.6. The van der Waals surface area contributed by atoms with E-state index in [1.54, 1.807) is 23.3 Å². The van der Waals surface area contributed by atoms with Crippen molar-refractivity contribution in [3.63, 3.8) is 0 Å². The van der Waals surface area contributed by atoms with Crippen LogP contribution in [0, 0.1) is 0 Å². The Hall–Kier alpha value is -1.85. The first-order valence-electron chi connectivity index (χ1n) is 7.37. The molecule has 0 saturated heterocycles. The minimum atomic E-state index is -0.0404. The third-order valence-electron chi connectivity index (χ3n) is 3.31. The van der Waals surface area contributed by atoms with Gasteiger partial charge in [-0.25, -0.2) is 4.79 Å². The van der Waals surface area contributed by atoms with Gasteiger partial charge >= 0.3 is 6.03 Å². The molecule has 0 aliphatic carbocycles. The van der Waals surface area contributed by atoms with Gasteiger partial charge in [-0.1, -0.05) is 36.4 Å². The molecule has 1 heterocycles. The number of amides is 2. The molecule has 0 bridgehead atoms. The quantitative estimate of drug-likeness (QED) is 0.812. The van der Waals surface area contributed by atoms with Crippen molar-refractivity contribution in [2.45, 2.75) is 13.0 Å². The van der Waals surface area contributed by atoms with Gasteiger partial charge in [0.05, 0.1) is 13.2 Å². The topological polar surface area (TPSA) is 41.6 Å². The van der Waals surface area contributed by atoms with E-state index in [0.717, 1.165) is 6.42 Å². The van der Waals surface area contributed by atoms with Crippen molar-refractivity contribution in [2.75, 3.05) is 26.8 Å². The molecule has 2 aromatic rings. The summed E-state index contributed by atoms with van der Waals surface area (Å²) in [5, 5.41) is 5.01. The second-order valence-electron chi connectivity index (χ2n) is 4.96. The van der Waals surface area contributed by atoms with Crippen molar-refractivity contribution in [1.82, 2.24) is 10.2 Å². The van der Waals surface area contributed by atoms with Gasteiger partial charge in [0.1, 0.15) is 0 Å². The van der Waals surface area contributed by atoms with Gasteiger partial charge in [0, 0.05) is 25.1 Å². The molecule has 1 aromatic heterocycles. The van der Waals surface area contributed by atoms with Crippen LogP contribution in [0.5, 0.6) is 0 Å². The average Bonchev–Trinajstić information content (AvgIpc) is 3.05. The van der Waals surface area contributed by atoms with Gasteiger partial charge in [-0.15, -0.1) is 11.3 Å². The Morgan fingerprint density at radius 2 is 2.05 bits per heavy atom. The summed E-state index contributed by atoms with van der Waals surface area (Å²) < 4.78 is 5.10. The monoisotopic (exact) mass is 318 g/mol. The first kappa shape index (κ1) is 16.5. The first-order chi connectivity index (χ1) is 10.8. The lowest BCUT2D eigenvalue weighted by Crippen LogP contribution is -2.41. The SMILES string of the molecule is COCCN(Cc1cccs1)C(=O)NCCc1ccccc1. The lowest BCUT2D eigenvalue weighted by atomic mass is 10.1. The molecule has 118 valence electrons. The van der Waals surface area contributed by atoms with Crippen LogP contribution < -0.4 is 5.32 Å². The Morgan fingerprint density at radius 1 is 1.23 bits per heavy atom. The van der Waals surface area contributed by atoms with E-state index in [-0.39, 0.29) is 6.03 Å². The predicted molar refractivity (Wildman–Crippen MR) is 90.1 cm³/mol. The van der Waals surface area contributed by atoms with Crippen LogP contribution in [0.25, 0.3) is 0 Å². The summed E-state index contributed by atoms with van der Waals surface area (Å²) in [6, 6.07) is 14.2. The minimum Gasteiger partial charge on any atom is -0.383 e. The van der Waals surface area contributed by atoms with E-state index in [2.05, 4.69) is 17.4 Å². The van der Waals surface area contributed by atoms with Crippen LogP contribution in [0.15, 0.2) is 47.8 Å². The average molecular weight is 318 g/mol. The summed E-state index contributed by atoms with van der Waals surface area (Å²) >= 11 is 1.66. The van der Waals surface area contributed by atoms with E-state index in [4.69, 9.17) is 4.74 Å². The van der Waals surface area contributed by atoms with Gasteiger partial charge in [-0.05, 0) is 23.4 Å². The summed E-state index contributed by atoms with van der Waals surface area (Å²) in [5.74, 6) is 0. The van der Waals surface area contributed by atoms with E-state index in [9.17, 15) is 4.79 Å². The van der Waals surface area contributed by atoms with E-state index in [0.29, 0.717) is 26.2 Å². The van der Waals surface area contributed by atoms with E-state index in [1.165, 1.54) is 10.4 Å². The zero-order chi connectivity index (χ0) is 15.6. The number of nitrogens with one attached hydrogen (secondary N) is 1. The molecule has 22 heavy (non-hydrogen) atoms. The fourth-order valence-electron chi connectivity index (χ4n) is 2.11. The highest BCUT2D eigenvalue weighted by Crippen LogP contribution is 2.11. The van der Waals surface area contributed by atoms with E-state index in [1.807, 2.05) is 35.7 Å². The molecule has 0 aliphatic heterocycles. The van der Waals surface area contributed by atoms with Crippen molar-refractivity contribution >= 4 is 17.4 Å². The van der Waals surface area contributed by atoms with Crippen LogP contribution in [0.2, 0.25) is 0 Å². The standard InChI is InChI=1S/C17H22N2O2S/c1-21-12-11-19(14-16-8-5-13-22-16)17(20)18-10-9-15-6-3-2-4-7-15/h2-8,13H,9-12,14H2,1H3,(H,18,20). The second kappa shape index (κ2) is 9.23. The van der Waals surface area contributed by atoms with Crippen molar-refractivity contribution < 1.29 is 9.53 Å². The van der Waals surface area contributed by atoms with Crippen LogP contribution >= 0.6 is 11.3 Å². The molecule has 2 rings (SSSR count). The van der Waals surface area contributed by atoms with Crippen molar-refractivity contribution in [1.29, 1.82) is 0 Å². The van der Waals surface area contributed by atoms with Crippen LogP contribution in [-0.4, -0.2) is 37.7 Å². The number of benzene rings is 1. The molecule has 5 heteroatoms. The molecule has 2 amide bonds. The number of methoxy groups -OCH3 is 1. The summed E-state index contributed by atoms with van der Waals surface area (Å²) in [7, 11) is 1.65. The molecule has 0 saturated carbocycles. The summed E-state index contributed by atoms with van der Waals surface area (Å²) in [6.45, 7) is 2.39. The van der Waals surface area contributed by atoms with E-state index < -0.39 is 0 Å². The predicted octanol–water partition coefficient (Wildman–Crippen LogP) is 3.15. The van der Waals surface area contributed by atoms with Gasteiger partial charge in [-0.2, -0.15) is 0 Å². The fraction of sp³-hybridized carbons (Fsp3) is 0.353. The Balaban J connectivity index is 1.82. The second-order valence-corrected chi connectivity index (χ2v) is 5.99. The number of hydrogen-bond donors (Lipinski definition) is 1. The minimum absolute atomic E-state index is 0.0404. The largest absolute Gasteiger partial charge is 0.383 e. The maximum atomic E-state index is 12.3. The fourth-order valence-corrected chi connectivity index (χ4v) is 2.83. The first-order valence-corrected chi connectivity index (χ1v) is 8.25. The molecular formula is C17H22N2O2S. The van der Waals surface area contributed by atoms with Crippen LogP contribution in [0.1, 0.15) is 10.4 Å². The normalized spacial score (nSPS) is 10.4. The highest BCUT2D eigenvalue weighted by atomic mass is 32.1. The number of nitrogens with zero attached hydrogens (tertiary/aromatic N) is 1. The van der Waals surface area contributed by atoms with Crippen molar-refractivity contribution in [3.05, 3.63) is 58.3 Å². The van der Waals surface area contributed by atoms with Crippen LogP contribution in [0.3, 0.4) is 0 Å². The lowest BCUT2D eigenvalue weighted by molar-refractivity contribution is 0.147. The maximum absolute atomic E-state index is 12.3. The van der Waals surface area contributed by atoms with Gasteiger partial charge in [0.2, 0.25) is 0 Å². The number of carbonyl (C=O) groups is 1. The molecule has 4 nitrogen and oxygen atoms in total. The summed E-state index contributed by atoms with van der Waals surface area (Å²) in [4.78, 5) is 15.3. The van der Waals surface area contributed by atoms with E-state index >= 15 is 0 Å². The van der Waals surface area contributed by atoms with Gasteiger partial charge in [0.15, 0.2) is 0 Å². The highest BCUT2D eigenvalue weighted by Gasteiger charge is 2.13. The smallest absolute Gasteiger partial charge is 0.317 e. The molecule has 0 spiro atoms. The number of carbonyl (C=O) groups excluding carboxylic acids is 1. The van der Waals surface area contributed by atoms with Crippen molar-refractivity contribution in [3.8, 4) is 0 Å². The Kier molecular flexibility index (Phi) is 6.93. The third kappa shape index (κ3) is 5.50. The Morgan fingerprint density at radius 3 is 2.73 bits per heavy atom. The van der Waals surface area contributed by atoms with Gasteiger partial charge in [-0.3, -0.25) is 0 Å². The molecule has 0 atom stereocenters. The maximum Gasteiger partial charge on any atom is 0.317 e. The van der Waals surface area contributed by atoms with Crippen molar-refractivity contribution in [2.24, 2.45) is 0 Å².